The fourth-order valence-electron chi connectivity index (χ4n) is 2.27. The van der Waals surface area contributed by atoms with E-state index in [2.05, 4.69) is 4.72 Å². The predicted molar refractivity (Wildman–Crippen MR) is 87.7 cm³/mol. The molecule has 122 valence electrons. The van der Waals surface area contributed by atoms with Crippen molar-refractivity contribution in [3.63, 3.8) is 0 Å². The van der Waals surface area contributed by atoms with Crippen LogP contribution in [0.25, 0.3) is 0 Å². The summed E-state index contributed by atoms with van der Waals surface area (Å²) in [4.78, 5) is 11.2. The van der Waals surface area contributed by atoms with Gasteiger partial charge in [0.15, 0.2) is 0 Å². The fourth-order valence-corrected chi connectivity index (χ4v) is 3.51. The summed E-state index contributed by atoms with van der Waals surface area (Å²) >= 11 is 0. The summed E-state index contributed by atoms with van der Waals surface area (Å²) < 4.78 is 27.3. The molecule has 23 heavy (non-hydrogen) atoms. The third-order valence-corrected chi connectivity index (χ3v) is 4.94. The zero-order valence-corrected chi connectivity index (χ0v) is 13.6. The summed E-state index contributed by atoms with van der Waals surface area (Å²) in [5.74, 6) is -1.04. The van der Waals surface area contributed by atoms with E-state index in [9.17, 15) is 13.2 Å². The Morgan fingerprint density at radius 1 is 1.09 bits per heavy atom. The molecule has 6 heteroatoms. The number of carboxylic acids is 1. The van der Waals surface area contributed by atoms with Crippen molar-refractivity contribution in [2.24, 2.45) is 0 Å². The Morgan fingerprint density at radius 3 is 2.26 bits per heavy atom. The smallest absolute Gasteiger partial charge is 0.304 e. The second-order valence-corrected chi connectivity index (χ2v) is 7.13. The van der Waals surface area contributed by atoms with Crippen LogP contribution in [0.1, 0.15) is 17.5 Å². The number of carbonyl (C=O) groups is 1. The van der Waals surface area contributed by atoms with Crippen molar-refractivity contribution < 1.29 is 18.3 Å². The molecule has 0 aliphatic rings. The first-order valence-electron chi connectivity index (χ1n) is 7.21. The van der Waals surface area contributed by atoms with Gasteiger partial charge >= 0.3 is 5.97 Å². The highest BCUT2D eigenvalue weighted by Gasteiger charge is 2.22. The van der Waals surface area contributed by atoms with Crippen molar-refractivity contribution in [1.29, 1.82) is 0 Å². The van der Waals surface area contributed by atoms with Crippen molar-refractivity contribution in [2.75, 3.05) is 0 Å². The Bertz CT molecular complexity index is 755. The molecule has 0 bridgehead atoms. The molecule has 5 nitrogen and oxygen atoms in total. The lowest BCUT2D eigenvalue weighted by molar-refractivity contribution is -0.137. The summed E-state index contributed by atoms with van der Waals surface area (Å²) in [6.07, 6.45) is 0.0399. The molecule has 0 aromatic heterocycles. The summed E-state index contributed by atoms with van der Waals surface area (Å²) in [6.45, 7) is 1.87. The molecular formula is C17H19NO4S. The van der Waals surface area contributed by atoms with Gasteiger partial charge in [0.25, 0.3) is 0 Å². The maximum atomic E-state index is 12.4. The van der Waals surface area contributed by atoms with Gasteiger partial charge in [-0.25, -0.2) is 13.1 Å². The van der Waals surface area contributed by atoms with E-state index < -0.39 is 22.0 Å². The molecule has 1 atom stereocenters. The molecule has 0 amide bonds. The number of aryl methyl sites for hydroxylation is 1. The van der Waals surface area contributed by atoms with E-state index in [-0.39, 0.29) is 11.3 Å². The van der Waals surface area contributed by atoms with E-state index in [4.69, 9.17) is 5.11 Å². The standard InChI is InChI=1S/C17H19NO4S/c1-13-7-9-16(10-8-13)23(21,22)18-15(12-17(19)20)11-14-5-3-2-4-6-14/h2-10,15,18H,11-12H2,1H3,(H,19,20). The molecule has 2 aromatic rings. The van der Waals surface area contributed by atoms with Crippen molar-refractivity contribution in [1.82, 2.24) is 4.72 Å². The first kappa shape index (κ1) is 17.2. The Kier molecular flexibility index (Phi) is 5.52. The predicted octanol–water partition coefficient (Wildman–Crippen LogP) is 2.36. The molecule has 2 aromatic carbocycles. The van der Waals surface area contributed by atoms with E-state index in [1.165, 1.54) is 12.1 Å². The van der Waals surface area contributed by atoms with Crippen LogP contribution in [0.15, 0.2) is 59.5 Å². The Hall–Kier alpha value is -2.18. The lowest BCUT2D eigenvalue weighted by atomic mass is 10.0. The SMILES string of the molecule is Cc1ccc(S(=O)(=O)NC(CC(=O)O)Cc2ccccc2)cc1. The van der Waals surface area contributed by atoms with Gasteiger partial charge in [0.05, 0.1) is 11.3 Å². The maximum absolute atomic E-state index is 12.4. The Balaban J connectivity index is 2.19. The van der Waals surface area contributed by atoms with Crippen molar-refractivity contribution >= 4 is 16.0 Å². The summed E-state index contributed by atoms with van der Waals surface area (Å²) in [5.41, 5.74) is 1.83. The van der Waals surface area contributed by atoms with Gasteiger partial charge in [0, 0.05) is 6.04 Å². The number of benzene rings is 2. The van der Waals surface area contributed by atoms with Crippen LogP contribution < -0.4 is 4.72 Å². The fraction of sp³-hybridized carbons (Fsp3) is 0.235. The molecular weight excluding hydrogens is 314 g/mol. The summed E-state index contributed by atoms with van der Waals surface area (Å²) in [5, 5.41) is 9.03. The van der Waals surface area contributed by atoms with E-state index in [1.807, 2.05) is 37.3 Å². The molecule has 0 radical (unpaired) electrons. The molecule has 0 saturated heterocycles. The van der Waals surface area contributed by atoms with Gasteiger partial charge in [0.2, 0.25) is 10.0 Å². The van der Waals surface area contributed by atoms with Crippen LogP contribution >= 0.6 is 0 Å². The van der Waals surface area contributed by atoms with E-state index in [0.717, 1.165) is 11.1 Å². The molecule has 1 unspecified atom stereocenters. The number of nitrogens with one attached hydrogen (secondary N) is 1. The van der Waals surface area contributed by atoms with Crippen molar-refractivity contribution in [3.05, 3.63) is 65.7 Å². The minimum atomic E-state index is -3.76. The van der Waals surface area contributed by atoms with Crippen molar-refractivity contribution in [3.8, 4) is 0 Å². The molecule has 0 spiro atoms. The second kappa shape index (κ2) is 7.39. The number of hydrogen-bond acceptors (Lipinski definition) is 3. The molecule has 0 saturated carbocycles. The Morgan fingerprint density at radius 2 is 1.70 bits per heavy atom. The van der Waals surface area contributed by atoms with Gasteiger partial charge in [-0.15, -0.1) is 0 Å². The lowest BCUT2D eigenvalue weighted by Gasteiger charge is -2.17. The third-order valence-electron chi connectivity index (χ3n) is 3.40. The minimum absolute atomic E-state index is 0.131. The van der Waals surface area contributed by atoms with Crippen LogP contribution in [0.4, 0.5) is 0 Å². The number of carboxylic acid groups (broad SMARTS) is 1. The molecule has 0 aliphatic heterocycles. The molecule has 0 fully saturated rings. The average molecular weight is 333 g/mol. The highest BCUT2D eigenvalue weighted by atomic mass is 32.2. The van der Waals surface area contributed by atoms with E-state index in [1.54, 1.807) is 12.1 Å². The van der Waals surface area contributed by atoms with Gasteiger partial charge in [-0.1, -0.05) is 48.0 Å². The van der Waals surface area contributed by atoms with E-state index in [0.29, 0.717) is 6.42 Å². The van der Waals surface area contributed by atoms with Gasteiger partial charge in [0.1, 0.15) is 0 Å². The largest absolute Gasteiger partial charge is 0.481 e. The zero-order valence-electron chi connectivity index (χ0n) is 12.8. The van der Waals surface area contributed by atoms with Crippen molar-refractivity contribution in [2.45, 2.75) is 30.7 Å². The first-order valence-corrected chi connectivity index (χ1v) is 8.70. The quantitative estimate of drug-likeness (QED) is 0.815. The summed E-state index contributed by atoms with van der Waals surface area (Å²) in [7, 11) is -3.76. The van der Waals surface area contributed by atoms with Crippen LogP contribution in [0, 0.1) is 6.92 Å². The molecule has 0 aliphatic carbocycles. The topological polar surface area (TPSA) is 83.5 Å². The normalized spacial score (nSPS) is 12.7. The third kappa shape index (κ3) is 5.19. The highest BCUT2D eigenvalue weighted by Crippen LogP contribution is 2.13. The van der Waals surface area contributed by atoms with Crippen LogP contribution in [0.5, 0.6) is 0 Å². The highest BCUT2D eigenvalue weighted by molar-refractivity contribution is 7.89. The molecule has 2 rings (SSSR count). The van der Waals surface area contributed by atoms with Gasteiger partial charge in [-0.2, -0.15) is 0 Å². The number of sulfonamides is 1. The number of rotatable bonds is 7. The van der Waals surface area contributed by atoms with Gasteiger partial charge < -0.3 is 5.11 Å². The van der Waals surface area contributed by atoms with Crippen LogP contribution in [-0.2, 0) is 21.2 Å². The Labute approximate surface area is 136 Å². The van der Waals surface area contributed by atoms with Crippen LogP contribution in [0.3, 0.4) is 0 Å². The summed E-state index contributed by atoms with van der Waals surface area (Å²) in [6, 6.07) is 14.9. The van der Waals surface area contributed by atoms with E-state index >= 15 is 0 Å². The minimum Gasteiger partial charge on any atom is -0.481 e. The second-order valence-electron chi connectivity index (χ2n) is 5.42. The number of hydrogen-bond donors (Lipinski definition) is 2. The molecule has 2 N–H and O–H groups in total. The van der Waals surface area contributed by atoms with Crippen LogP contribution in [-0.4, -0.2) is 25.5 Å². The van der Waals surface area contributed by atoms with Gasteiger partial charge in [-0.05, 0) is 31.0 Å². The maximum Gasteiger partial charge on any atom is 0.304 e. The zero-order chi connectivity index (χ0) is 16.9. The van der Waals surface area contributed by atoms with Crippen LogP contribution in [0.2, 0.25) is 0 Å². The monoisotopic (exact) mass is 333 g/mol. The lowest BCUT2D eigenvalue weighted by Crippen LogP contribution is -2.38. The molecule has 0 heterocycles. The van der Waals surface area contributed by atoms with Gasteiger partial charge in [-0.3, -0.25) is 4.79 Å². The number of aliphatic carboxylic acids is 1. The average Bonchev–Trinajstić information content (AvgIpc) is 2.47. The first-order chi connectivity index (χ1) is 10.9.